The van der Waals surface area contributed by atoms with Crippen molar-refractivity contribution in [1.29, 1.82) is 0 Å². The van der Waals surface area contributed by atoms with E-state index in [1.165, 1.54) is 56.9 Å². The van der Waals surface area contributed by atoms with E-state index in [1.54, 1.807) is 27.7 Å². The van der Waals surface area contributed by atoms with Crippen LogP contribution >= 0.6 is 0 Å². The molecule has 0 heterocycles. The summed E-state index contributed by atoms with van der Waals surface area (Å²) in [5.74, 6) is 2.63. The Morgan fingerprint density at radius 2 is 1.10 bits per heavy atom. The molecule has 0 fully saturated rings. The smallest absolute Gasteiger partial charge is 0.0872 e. The second-order valence-electron chi connectivity index (χ2n) is 10.7. The average Bonchev–Trinajstić information content (AvgIpc) is 2.53. The summed E-state index contributed by atoms with van der Waals surface area (Å²) in [6, 6.07) is 0. The molecular formula is C26H54O3. The highest BCUT2D eigenvalue weighted by molar-refractivity contribution is 4.97. The third-order valence-electron chi connectivity index (χ3n) is 6.08. The number of aliphatic hydroxyl groups is 3. The molecule has 0 aliphatic rings. The van der Waals surface area contributed by atoms with Crippen molar-refractivity contribution in [2.75, 3.05) is 6.61 Å². The summed E-state index contributed by atoms with van der Waals surface area (Å²) < 4.78 is 0. The molecule has 3 nitrogen and oxygen atoms in total. The highest BCUT2D eigenvalue weighted by Gasteiger charge is 2.31. The molecule has 0 unspecified atom stereocenters. The maximum atomic E-state index is 9.10. The highest BCUT2D eigenvalue weighted by Crippen LogP contribution is 2.22. The van der Waals surface area contributed by atoms with Crippen molar-refractivity contribution in [3.05, 3.63) is 11.6 Å². The van der Waals surface area contributed by atoms with Crippen molar-refractivity contribution in [1.82, 2.24) is 0 Å². The van der Waals surface area contributed by atoms with E-state index >= 15 is 0 Å². The molecule has 176 valence electrons. The van der Waals surface area contributed by atoms with Crippen LogP contribution in [0.5, 0.6) is 0 Å². The van der Waals surface area contributed by atoms with Crippen molar-refractivity contribution in [2.24, 2.45) is 17.8 Å². The van der Waals surface area contributed by atoms with Crippen LogP contribution in [0.2, 0.25) is 0 Å². The molecule has 0 bridgehead atoms. The summed E-state index contributed by atoms with van der Waals surface area (Å²) in [5, 5.41) is 27.0. The number of hydrogen-bond acceptors (Lipinski definition) is 3. The molecule has 0 spiro atoms. The Kier molecular flexibility index (Phi) is 17.3. The third kappa shape index (κ3) is 20.7. The maximum absolute atomic E-state index is 9.10. The molecule has 3 heteroatoms. The topological polar surface area (TPSA) is 60.7 Å². The number of rotatable bonds is 14. The van der Waals surface area contributed by atoms with Crippen molar-refractivity contribution in [3.8, 4) is 0 Å². The SMILES string of the molecule is CC(=CCO)CCC[C@H](C)CCC[C@H](C)CCCC(C)C.CC(C)(O)C(C)(C)O. The minimum absolute atomic E-state index is 0.191. The zero-order valence-corrected chi connectivity index (χ0v) is 21.2. The van der Waals surface area contributed by atoms with Crippen molar-refractivity contribution in [3.63, 3.8) is 0 Å². The fraction of sp³-hybridized carbons (Fsp3) is 0.923. The molecule has 0 aliphatic carbocycles. The van der Waals surface area contributed by atoms with E-state index in [9.17, 15) is 0 Å². The van der Waals surface area contributed by atoms with Crippen molar-refractivity contribution >= 4 is 0 Å². The van der Waals surface area contributed by atoms with Crippen LogP contribution in [-0.2, 0) is 0 Å². The van der Waals surface area contributed by atoms with Gasteiger partial charge in [0.15, 0.2) is 0 Å². The Labute approximate surface area is 183 Å². The Hall–Kier alpha value is -0.380. The molecule has 0 saturated carbocycles. The molecular weight excluding hydrogens is 360 g/mol. The zero-order chi connectivity index (χ0) is 23.1. The van der Waals surface area contributed by atoms with Gasteiger partial charge in [0.05, 0.1) is 17.8 Å². The molecule has 0 aromatic carbocycles. The van der Waals surface area contributed by atoms with Crippen molar-refractivity contribution < 1.29 is 15.3 Å². The first-order chi connectivity index (χ1) is 13.2. The second-order valence-corrected chi connectivity index (χ2v) is 10.7. The molecule has 0 radical (unpaired) electrons. The number of allylic oxidation sites excluding steroid dienone is 1. The van der Waals surface area contributed by atoms with E-state index in [0.717, 1.165) is 24.2 Å². The lowest BCUT2D eigenvalue weighted by Gasteiger charge is -2.31. The summed E-state index contributed by atoms with van der Waals surface area (Å²) in [5.41, 5.74) is -0.677. The molecule has 3 N–H and O–H groups in total. The van der Waals surface area contributed by atoms with Gasteiger partial charge in [0, 0.05) is 0 Å². The highest BCUT2D eigenvalue weighted by atomic mass is 16.3. The lowest BCUT2D eigenvalue weighted by molar-refractivity contribution is -0.107. The third-order valence-corrected chi connectivity index (χ3v) is 6.08. The first-order valence-electron chi connectivity index (χ1n) is 11.9. The van der Waals surface area contributed by atoms with E-state index in [0.29, 0.717) is 0 Å². The van der Waals surface area contributed by atoms with Crippen LogP contribution in [0.4, 0.5) is 0 Å². The number of aliphatic hydroxyl groups excluding tert-OH is 1. The summed E-state index contributed by atoms with van der Waals surface area (Å²) in [6.45, 7) is 18.1. The Morgan fingerprint density at radius 1 is 0.724 bits per heavy atom. The summed E-state index contributed by atoms with van der Waals surface area (Å²) >= 11 is 0. The van der Waals surface area contributed by atoms with E-state index in [1.807, 2.05) is 6.08 Å². The van der Waals surface area contributed by atoms with Gasteiger partial charge in [-0.2, -0.15) is 0 Å². The van der Waals surface area contributed by atoms with Crippen LogP contribution < -0.4 is 0 Å². The van der Waals surface area contributed by atoms with Crippen LogP contribution in [0.1, 0.15) is 120 Å². The number of hydrogen-bond donors (Lipinski definition) is 3. The fourth-order valence-corrected chi connectivity index (χ4v) is 2.97. The second kappa shape index (κ2) is 16.3. The van der Waals surface area contributed by atoms with Gasteiger partial charge in [0.25, 0.3) is 0 Å². The van der Waals surface area contributed by atoms with E-state index < -0.39 is 11.2 Å². The largest absolute Gasteiger partial charge is 0.392 e. The normalized spacial score (nSPS) is 15.1. The van der Waals surface area contributed by atoms with Crippen LogP contribution in [-0.4, -0.2) is 33.1 Å². The predicted octanol–water partition coefficient (Wildman–Crippen LogP) is 6.89. The molecule has 2 atom stereocenters. The van der Waals surface area contributed by atoms with Gasteiger partial charge in [-0.25, -0.2) is 0 Å². The van der Waals surface area contributed by atoms with Gasteiger partial charge in [0.1, 0.15) is 0 Å². The minimum atomic E-state index is -1.01. The molecule has 29 heavy (non-hydrogen) atoms. The summed E-state index contributed by atoms with van der Waals surface area (Å²) in [7, 11) is 0. The van der Waals surface area contributed by atoms with Crippen LogP contribution in [0.15, 0.2) is 11.6 Å². The maximum Gasteiger partial charge on any atom is 0.0872 e. The lowest BCUT2D eigenvalue weighted by Crippen LogP contribution is -2.44. The van der Waals surface area contributed by atoms with Gasteiger partial charge in [-0.3, -0.25) is 0 Å². The first kappa shape index (κ1) is 30.8. The Bertz CT molecular complexity index is 387. The fourth-order valence-electron chi connectivity index (χ4n) is 2.97. The molecule has 0 aromatic rings. The molecule has 0 amide bonds. The zero-order valence-electron chi connectivity index (χ0n) is 21.2. The molecule has 0 aromatic heterocycles. The van der Waals surface area contributed by atoms with Crippen LogP contribution in [0.3, 0.4) is 0 Å². The summed E-state index contributed by atoms with van der Waals surface area (Å²) in [6.07, 6.45) is 14.1. The quantitative estimate of drug-likeness (QED) is 0.271. The van der Waals surface area contributed by atoms with Gasteiger partial charge in [-0.1, -0.05) is 84.3 Å². The van der Waals surface area contributed by atoms with Gasteiger partial charge < -0.3 is 15.3 Å². The first-order valence-corrected chi connectivity index (χ1v) is 11.9. The van der Waals surface area contributed by atoms with Gasteiger partial charge >= 0.3 is 0 Å². The Balaban J connectivity index is 0. The van der Waals surface area contributed by atoms with Crippen LogP contribution in [0, 0.1) is 17.8 Å². The molecule has 0 rings (SSSR count). The van der Waals surface area contributed by atoms with Gasteiger partial charge in [0.2, 0.25) is 0 Å². The minimum Gasteiger partial charge on any atom is -0.392 e. The summed E-state index contributed by atoms with van der Waals surface area (Å²) in [4.78, 5) is 0. The molecule has 0 saturated heterocycles. The van der Waals surface area contributed by atoms with Gasteiger partial charge in [-0.15, -0.1) is 0 Å². The standard InChI is InChI=1S/C20H40O.C6H14O2/c1-17(2)9-6-10-18(3)11-7-12-19(4)13-8-14-20(5)15-16-21;1-5(2,7)6(3,4)8/h15,17-19,21H,6-14,16H2,1-5H3;7-8H,1-4H3/t18-,19-;/m1./s1. The monoisotopic (exact) mass is 414 g/mol. The van der Waals surface area contributed by atoms with Crippen molar-refractivity contribution in [2.45, 2.75) is 131 Å². The lowest BCUT2D eigenvalue weighted by atomic mass is 9.90. The Morgan fingerprint density at radius 3 is 1.45 bits per heavy atom. The van der Waals surface area contributed by atoms with E-state index in [2.05, 4.69) is 34.6 Å². The van der Waals surface area contributed by atoms with Gasteiger partial charge in [-0.05, 0) is 65.2 Å². The average molecular weight is 415 g/mol. The van der Waals surface area contributed by atoms with Crippen LogP contribution in [0.25, 0.3) is 0 Å². The van der Waals surface area contributed by atoms with E-state index in [4.69, 9.17) is 15.3 Å². The van der Waals surface area contributed by atoms with E-state index in [-0.39, 0.29) is 6.61 Å². The molecule has 0 aliphatic heterocycles. The predicted molar refractivity (Wildman–Crippen MR) is 128 cm³/mol.